The molecule has 1 aromatic rings. The number of allylic oxidation sites excluding steroid dienone is 2. The number of benzene rings is 1. The molecule has 0 saturated heterocycles. The molecule has 3 heteroatoms. The van der Waals surface area contributed by atoms with Crippen molar-refractivity contribution in [2.45, 2.75) is 19.4 Å². The Balaban J connectivity index is 0.00000162. The van der Waals surface area contributed by atoms with Crippen LogP contribution in [0.2, 0.25) is 0 Å². The van der Waals surface area contributed by atoms with Crippen molar-refractivity contribution in [2.75, 3.05) is 13.1 Å². The van der Waals surface area contributed by atoms with Crippen molar-refractivity contribution in [1.82, 2.24) is 4.48 Å². The highest BCUT2D eigenvalue weighted by Gasteiger charge is 2.34. The van der Waals surface area contributed by atoms with Crippen molar-refractivity contribution in [2.24, 2.45) is 5.73 Å². The van der Waals surface area contributed by atoms with Gasteiger partial charge in [0.1, 0.15) is 17.9 Å². The molecule has 0 bridgehead atoms. The van der Waals surface area contributed by atoms with Crippen LogP contribution in [0.25, 0.3) is 0 Å². The van der Waals surface area contributed by atoms with E-state index in [4.69, 9.17) is 5.73 Å². The number of hydrogen-bond donors (Lipinski definition) is 1. The zero-order valence-electron chi connectivity index (χ0n) is 10.8. The predicted octanol–water partition coefficient (Wildman–Crippen LogP) is -0.181. The van der Waals surface area contributed by atoms with Gasteiger partial charge in [-0.25, -0.2) is 0 Å². The second-order valence-corrected chi connectivity index (χ2v) is 4.45. The number of halogens is 1. The number of nitrogens with two attached hydrogens (primary N) is 1. The van der Waals surface area contributed by atoms with Gasteiger partial charge in [0.25, 0.3) is 0 Å². The third kappa shape index (κ3) is 2.66. The van der Waals surface area contributed by atoms with Crippen LogP contribution in [0.5, 0.6) is 0 Å². The average molecular weight is 265 g/mol. The van der Waals surface area contributed by atoms with E-state index in [-0.39, 0.29) is 12.4 Å². The van der Waals surface area contributed by atoms with Gasteiger partial charge >= 0.3 is 0 Å². The number of likely N-dealkylation sites (N-methyl/N-ethyl adjacent to an activating group) is 1. The number of nitrogens with zero attached hydrogens (tertiary/aromatic N) is 1. The second-order valence-electron chi connectivity index (χ2n) is 4.45. The van der Waals surface area contributed by atoms with Crippen LogP contribution in [-0.4, -0.2) is 19.1 Å². The van der Waals surface area contributed by atoms with E-state index in [1.54, 1.807) is 0 Å². The lowest BCUT2D eigenvalue weighted by molar-refractivity contribution is -0.00000355. The van der Waals surface area contributed by atoms with Gasteiger partial charge in [-0.1, -0.05) is 24.3 Å². The lowest BCUT2D eigenvalue weighted by atomic mass is 10.0. The van der Waals surface area contributed by atoms with Gasteiger partial charge in [0.15, 0.2) is 0 Å². The molecular formula is C15H21ClN2. The summed E-state index contributed by atoms with van der Waals surface area (Å²) in [5.41, 5.74) is 7.09. The smallest absolute Gasteiger partial charge is 0.137 e. The highest BCUT2D eigenvalue weighted by Crippen LogP contribution is 2.31. The van der Waals surface area contributed by atoms with E-state index in [1.807, 2.05) is 0 Å². The van der Waals surface area contributed by atoms with Gasteiger partial charge in [0.2, 0.25) is 0 Å². The maximum Gasteiger partial charge on any atom is 0.137 e. The molecule has 2 atom stereocenters. The number of hydrogen-bond acceptors (Lipinski definition) is 1. The van der Waals surface area contributed by atoms with Crippen molar-refractivity contribution in [1.29, 1.82) is 0 Å². The van der Waals surface area contributed by atoms with Crippen LogP contribution < -0.4 is 22.6 Å². The molecule has 0 saturated carbocycles. The number of para-hydroxylation sites is 1. The summed E-state index contributed by atoms with van der Waals surface area (Å²) in [6.07, 6.45) is 9.86. The minimum absolute atomic E-state index is 0. The van der Waals surface area contributed by atoms with Crippen LogP contribution in [0.1, 0.15) is 13.3 Å². The largest absolute Gasteiger partial charge is 1.00 e. The van der Waals surface area contributed by atoms with Gasteiger partial charge in [-0.2, -0.15) is 0 Å². The molecule has 1 heterocycles. The maximum absolute atomic E-state index is 5.75. The lowest BCUT2D eigenvalue weighted by Gasteiger charge is -2.40. The van der Waals surface area contributed by atoms with Gasteiger partial charge in [0, 0.05) is 6.42 Å². The van der Waals surface area contributed by atoms with Crippen LogP contribution in [0.4, 0.5) is 5.69 Å². The van der Waals surface area contributed by atoms with Crippen molar-refractivity contribution in [3.8, 4) is 0 Å². The van der Waals surface area contributed by atoms with E-state index in [0.29, 0.717) is 6.04 Å². The maximum atomic E-state index is 5.75. The first kappa shape index (κ1) is 15.0. The van der Waals surface area contributed by atoms with Crippen LogP contribution in [0.15, 0.2) is 54.8 Å². The molecular weight excluding hydrogens is 244 g/mol. The van der Waals surface area contributed by atoms with Crippen molar-refractivity contribution >= 4 is 5.69 Å². The Kier molecular flexibility index (Phi) is 5.60. The van der Waals surface area contributed by atoms with Crippen LogP contribution in [-0.2, 0) is 0 Å². The first-order valence-corrected chi connectivity index (χ1v) is 6.32. The second kappa shape index (κ2) is 6.74. The van der Waals surface area contributed by atoms with Crippen LogP contribution in [0, 0.1) is 0 Å². The quantitative estimate of drug-likeness (QED) is 0.751. The molecule has 0 radical (unpaired) electrons. The van der Waals surface area contributed by atoms with E-state index in [1.165, 1.54) is 5.69 Å². The summed E-state index contributed by atoms with van der Waals surface area (Å²) in [5, 5.41) is 0. The molecule has 0 amide bonds. The van der Waals surface area contributed by atoms with Gasteiger partial charge in [-0.15, -0.1) is 0 Å². The Bertz CT molecular complexity index is 414. The topological polar surface area (TPSA) is 26.0 Å². The minimum Gasteiger partial charge on any atom is -1.00 e. The zero-order chi connectivity index (χ0) is 12.1. The van der Waals surface area contributed by atoms with Crippen molar-refractivity contribution < 1.29 is 12.4 Å². The summed E-state index contributed by atoms with van der Waals surface area (Å²) >= 11 is 0. The van der Waals surface area contributed by atoms with E-state index in [0.717, 1.165) is 24.0 Å². The molecule has 1 aliphatic heterocycles. The van der Waals surface area contributed by atoms with E-state index >= 15 is 0 Å². The third-order valence-electron chi connectivity index (χ3n) is 3.61. The molecule has 0 aliphatic carbocycles. The highest BCUT2D eigenvalue weighted by molar-refractivity contribution is 5.48. The molecule has 2 nitrogen and oxygen atoms in total. The Morgan fingerprint density at radius 1 is 1.17 bits per heavy atom. The Morgan fingerprint density at radius 3 is 2.50 bits per heavy atom. The predicted molar refractivity (Wildman–Crippen MR) is 74.5 cm³/mol. The summed E-state index contributed by atoms with van der Waals surface area (Å²) in [7, 11) is 0. The average Bonchev–Trinajstić information content (AvgIpc) is 2.41. The molecule has 2 N–H and O–H groups in total. The summed E-state index contributed by atoms with van der Waals surface area (Å²) < 4.78 is 0.883. The molecule has 2 unspecified atom stereocenters. The summed E-state index contributed by atoms with van der Waals surface area (Å²) in [6.45, 7) is 4.02. The highest BCUT2D eigenvalue weighted by atomic mass is 35.5. The summed E-state index contributed by atoms with van der Waals surface area (Å²) in [6, 6.07) is 11.1. The van der Waals surface area contributed by atoms with Crippen molar-refractivity contribution in [3.05, 3.63) is 54.8 Å². The Hall–Kier alpha value is -1.09. The minimum atomic E-state index is 0. The van der Waals surface area contributed by atoms with Gasteiger partial charge < -0.3 is 18.1 Å². The summed E-state index contributed by atoms with van der Waals surface area (Å²) in [5.74, 6) is 0. The number of rotatable bonds is 4. The van der Waals surface area contributed by atoms with E-state index < -0.39 is 0 Å². The first-order valence-electron chi connectivity index (χ1n) is 6.32. The van der Waals surface area contributed by atoms with Crippen molar-refractivity contribution in [3.63, 3.8) is 0 Å². The fraction of sp³-hybridized carbons (Fsp3) is 0.333. The SMILES string of the molecule is CC[N+]1(c2ccccc2)C=CC=CC1CCN.[Cl-]. The molecule has 2 rings (SSSR count). The third-order valence-corrected chi connectivity index (χ3v) is 3.61. The fourth-order valence-electron chi connectivity index (χ4n) is 2.66. The van der Waals surface area contributed by atoms with Gasteiger partial charge in [-0.3, -0.25) is 4.48 Å². The molecule has 0 fully saturated rings. The van der Waals surface area contributed by atoms with E-state index in [2.05, 4.69) is 61.7 Å². The summed E-state index contributed by atoms with van der Waals surface area (Å²) in [4.78, 5) is 0. The molecule has 18 heavy (non-hydrogen) atoms. The lowest BCUT2D eigenvalue weighted by Crippen LogP contribution is -3.00. The standard InChI is InChI=1S/C15H21N2.ClH/c1-2-17(14-8-4-3-5-9-14)13-7-6-10-15(17)11-12-16;/h3-10,13,15H,2,11-12,16H2,1H3;1H/q+1;/p-1. The monoisotopic (exact) mass is 264 g/mol. The normalized spacial score (nSPS) is 25.8. The molecule has 98 valence electrons. The van der Waals surface area contributed by atoms with Crippen LogP contribution in [0.3, 0.4) is 0 Å². The first-order chi connectivity index (χ1) is 8.33. The molecule has 1 aliphatic rings. The fourth-order valence-corrected chi connectivity index (χ4v) is 2.66. The molecule has 0 spiro atoms. The molecule has 1 aromatic carbocycles. The van der Waals surface area contributed by atoms with Crippen LogP contribution >= 0.6 is 0 Å². The Morgan fingerprint density at radius 2 is 1.89 bits per heavy atom. The van der Waals surface area contributed by atoms with Gasteiger partial charge in [-0.05, 0) is 37.8 Å². The molecule has 0 aromatic heterocycles. The van der Waals surface area contributed by atoms with Gasteiger partial charge in [0.05, 0.1) is 6.54 Å². The Labute approximate surface area is 116 Å². The van der Waals surface area contributed by atoms with E-state index in [9.17, 15) is 0 Å². The number of quaternary nitrogens is 1. The zero-order valence-corrected chi connectivity index (χ0v) is 11.6.